The Morgan fingerprint density at radius 3 is 2.26 bits per heavy atom. The van der Waals surface area contributed by atoms with Crippen molar-refractivity contribution in [1.82, 2.24) is 29.3 Å². The Morgan fingerprint density at radius 1 is 0.810 bits per heavy atom. The molecule has 0 bridgehead atoms. The molecule has 0 saturated heterocycles. The van der Waals surface area contributed by atoms with Crippen molar-refractivity contribution < 1.29 is 9.47 Å². The van der Waals surface area contributed by atoms with Crippen LogP contribution in [0.25, 0.3) is 22.2 Å². The van der Waals surface area contributed by atoms with E-state index in [4.69, 9.17) is 14.5 Å². The fourth-order valence-electron chi connectivity index (χ4n) is 4.69. The molecule has 0 unspecified atom stereocenters. The highest BCUT2D eigenvalue weighted by molar-refractivity contribution is 5.82. The highest BCUT2D eigenvalue weighted by Gasteiger charge is 2.18. The van der Waals surface area contributed by atoms with Gasteiger partial charge in [0.05, 0.1) is 55.7 Å². The minimum atomic E-state index is 0.525. The van der Waals surface area contributed by atoms with Gasteiger partial charge in [-0.15, -0.1) is 0 Å². The number of aromatic nitrogens is 6. The van der Waals surface area contributed by atoms with E-state index in [1.807, 2.05) is 107 Å². The van der Waals surface area contributed by atoms with Crippen molar-refractivity contribution in [1.29, 1.82) is 0 Å². The van der Waals surface area contributed by atoms with Crippen molar-refractivity contribution in [2.24, 2.45) is 7.05 Å². The topological polar surface area (TPSA) is 83.1 Å². The molecule has 4 aromatic heterocycles. The average Bonchev–Trinajstić information content (AvgIpc) is 3.68. The largest absolute Gasteiger partial charge is 0.497 e. The molecule has 42 heavy (non-hydrogen) atoms. The predicted octanol–water partition coefficient (Wildman–Crippen LogP) is 6.66. The standard InChI is InChI=1S/C31H29N7O2.C2H6/c1-36-19-24(16-34-36)23-11-30-29(33-15-23)9-10-31(35-30)38(25-12-27(39-2)14-28(13-25)40-3)20-26-17-32-21-37(26)18-22-7-5-4-6-8-22;1-2/h4-17,19,21H,18,20H2,1-3H3;1-2H3. The van der Waals surface area contributed by atoms with Gasteiger partial charge in [-0.25, -0.2) is 9.97 Å². The van der Waals surface area contributed by atoms with Crippen molar-refractivity contribution in [3.63, 3.8) is 0 Å². The molecule has 9 heteroatoms. The summed E-state index contributed by atoms with van der Waals surface area (Å²) in [5, 5.41) is 4.30. The van der Waals surface area contributed by atoms with Gasteiger partial charge in [-0.3, -0.25) is 9.67 Å². The number of pyridine rings is 2. The number of ether oxygens (including phenoxy) is 2. The third-order valence-corrected chi connectivity index (χ3v) is 6.80. The molecule has 4 heterocycles. The quantitative estimate of drug-likeness (QED) is 0.195. The van der Waals surface area contributed by atoms with Crippen LogP contribution in [-0.4, -0.2) is 43.5 Å². The molecule has 0 fully saturated rings. The molecule has 6 rings (SSSR count). The van der Waals surface area contributed by atoms with Crippen LogP contribution >= 0.6 is 0 Å². The van der Waals surface area contributed by atoms with Crippen LogP contribution in [0.3, 0.4) is 0 Å². The zero-order chi connectivity index (χ0) is 29.5. The number of fused-ring (bicyclic) bond motifs is 1. The van der Waals surface area contributed by atoms with Gasteiger partial charge in [0.1, 0.15) is 17.3 Å². The van der Waals surface area contributed by atoms with Gasteiger partial charge in [0.2, 0.25) is 0 Å². The Bertz CT molecular complexity index is 1740. The number of aryl methyl sites for hydroxylation is 1. The summed E-state index contributed by atoms with van der Waals surface area (Å²) < 4.78 is 15.1. The van der Waals surface area contributed by atoms with Crippen LogP contribution in [0.1, 0.15) is 25.1 Å². The molecule has 0 spiro atoms. The number of benzene rings is 2. The zero-order valence-electron chi connectivity index (χ0n) is 24.6. The zero-order valence-corrected chi connectivity index (χ0v) is 24.6. The summed E-state index contributed by atoms with van der Waals surface area (Å²) >= 11 is 0. The smallest absolute Gasteiger partial charge is 0.134 e. The van der Waals surface area contributed by atoms with Gasteiger partial charge in [0, 0.05) is 61.5 Å². The summed E-state index contributed by atoms with van der Waals surface area (Å²) in [5.74, 6) is 2.15. The molecule has 0 amide bonds. The lowest BCUT2D eigenvalue weighted by atomic mass is 10.1. The molecule has 0 N–H and O–H groups in total. The molecule has 0 radical (unpaired) electrons. The number of rotatable bonds is 9. The number of hydrogen-bond donors (Lipinski definition) is 0. The lowest BCUT2D eigenvalue weighted by molar-refractivity contribution is 0.394. The van der Waals surface area contributed by atoms with E-state index in [0.29, 0.717) is 18.0 Å². The molecule has 2 aromatic carbocycles. The number of methoxy groups -OCH3 is 2. The van der Waals surface area contributed by atoms with Crippen LogP contribution in [0.2, 0.25) is 0 Å². The predicted molar refractivity (Wildman–Crippen MR) is 166 cm³/mol. The number of hydrogen-bond acceptors (Lipinski definition) is 7. The lowest BCUT2D eigenvalue weighted by Gasteiger charge is -2.25. The van der Waals surface area contributed by atoms with Gasteiger partial charge in [0.15, 0.2) is 0 Å². The third-order valence-electron chi connectivity index (χ3n) is 6.80. The van der Waals surface area contributed by atoms with Crippen molar-refractivity contribution in [3.05, 3.63) is 109 Å². The first-order valence-electron chi connectivity index (χ1n) is 13.9. The van der Waals surface area contributed by atoms with Crippen molar-refractivity contribution in [3.8, 4) is 22.6 Å². The van der Waals surface area contributed by atoms with Crippen LogP contribution in [0.4, 0.5) is 11.5 Å². The summed E-state index contributed by atoms with van der Waals surface area (Å²) in [6.07, 6.45) is 9.42. The Balaban J connectivity index is 0.00000173. The van der Waals surface area contributed by atoms with Gasteiger partial charge < -0.3 is 18.9 Å². The molecule has 0 aliphatic carbocycles. The molecule has 0 atom stereocenters. The Morgan fingerprint density at radius 2 is 1.57 bits per heavy atom. The van der Waals surface area contributed by atoms with E-state index in [-0.39, 0.29) is 0 Å². The van der Waals surface area contributed by atoms with Gasteiger partial charge in [-0.05, 0) is 23.8 Å². The SMILES string of the molecule is CC.COc1cc(OC)cc(N(Cc2cncn2Cc2ccccc2)c2ccc3ncc(-c4cnn(C)c4)cc3n2)c1. The molecule has 9 nitrogen and oxygen atoms in total. The highest BCUT2D eigenvalue weighted by atomic mass is 16.5. The van der Waals surface area contributed by atoms with E-state index in [1.165, 1.54) is 5.56 Å². The summed E-state index contributed by atoms with van der Waals surface area (Å²) in [5.41, 5.74) is 6.67. The Labute approximate surface area is 246 Å². The second-order valence-corrected chi connectivity index (χ2v) is 9.49. The van der Waals surface area contributed by atoms with Crippen LogP contribution in [0.15, 0.2) is 97.8 Å². The average molecular weight is 562 g/mol. The van der Waals surface area contributed by atoms with Gasteiger partial charge in [-0.2, -0.15) is 5.10 Å². The second-order valence-electron chi connectivity index (χ2n) is 9.49. The maximum Gasteiger partial charge on any atom is 0.134 e. The first kappa shape index (κ1) is 28.4. The summed E-state index contributed by atoms with van der Waals surface area (Å²) in [7, 11) is 5.20. The minimum Gasteiger partial charge on any atom is -0.497 e. The fourth-order valence-corrected chi connectivity index (χ4v) is 4.69. The van der Waals surface area contributed by atoms with E-state index in [1.54, 1.807) is 18.9 Å². The minimum absolute atomic E-state index is 0.525. The van der Waals surface area contributed by atoms with Crippen LogP contribution < -0.4 is 14.4 Å². The molecule has 0 saturated carbocycles. The van der Waals surface area contributed by atoms with E-state index in [0.717, 1.165) is 45.9 Å². The molecular formula is C33H35N7O2. The van der Waals surface area contributed by atoms with E-state index in [9.17, 15) is 0 Å². The third kappa shape index (κ3) is 6.25. The number of imidazole rings is 1. The van der Waals surface area contributed by atoms with E-state index < -0.39 is 0 Å². The highest BCUT2D eigenvalue weighted by Crippen LogP contribution is 2.34. The normalized spacial score (nSPS) is 10.7. The van der Waals surface area contributed by atoms with Crippen LogP contribution in [-0.2, 0) is 20.1 Å². The Hall–Kier alpha value is -5.18. The van der Waals surface area contributed by atoms with Gasteiger partial charge in [-0.1, -0.05) is 44.2 Å². The van der Waals surface area contributed by atoms with Crippen molar-refractivity contribution >= 4 is 22.5 Å². The van der Waals surface area contributed by atoms with Crippen molar-refractivity contribution in [2.45, 2.75) is 26.9 Å². The van der Waals surface area contributed by atoms with Crippen LogP contribution in [0.5, 0.6) is 11.5 Å². The summed E-state index contributed by atoms with van der Waals surface area (Å²) in [6, 6.07) is 22.2. The number of nitrogens with zero attached hydrogens (tertiary/aromatic N) is 7. The van der Waals surface area contributed by atoms with Gasteiger partial charge in [0.25, 0.3) is 0 Å². The maximum absolute atomic E-state index is 5.60. The maximum atomic E-state index is 5.60. The first-order chi connectivity index (χ1) is 20.6. The van der Waals surface area contributed by atoms with E-state index >= 15 is 0 Å². The van der Waals surface area contributed by atoms with Crippen molar-refractivity contribution in [2.75, 3.05) is 19.1 Å². The molecule has 214 valence electrons. The second kappa shape index (κ2) is 13.0. The lowest BCUT2D eigenvalue weighted by Crippen LogP contribution is -2.20. The first-order valence-corrected chi connectivity index (χ1v) is 13.9. The van der Waals surface area contributed by atoms with E-state index in [2.05, 4.69) is 36.7 Å². The monoisotopic (exact) mass is 561 g/mol. The van der Waals surface area contributed by atoms with Crippen LogP contribution in [0, 0.1) is 0 Å². The molecule has 6 aromatic rings. The Kier molecular flexibility index (Phi) is 8.77. The summed E-state index contributed by atoms with van der Waals surface area (Å²) in [6.45, 7) is 5.24. The molecular weight excluding hydrogens is 526 g/mol. The fraction of sp³-hybridized carbons (Fsp3) is 0.212. The molecule has 0 aliphatic heterocycles. The van der Waals surface area contributed by atoms with Gasteiger partial charge >= 0.3 is 0 Å². The number of anilines is 2. The summed E-state index contributed by atoms with van der Waals surface area (Å²) in [4.78, 5) is 16.3. The molecule has 0 aliphatic rings.